The first-order valence-corrected chi connectivity index (χ1v) is 5.91. The van der Waals surface area contributed by atoms with E-state index in [1.807, 2.05) is 6.92 Å². The van der Waals surface area contributed by atoms with Crippen molar-refractivity contribution >= 4 is 18.0 Å². The second-order valence-corrected chi connectivity index (χ2v) is 3.60. The molecule has 0 heterocycles. The first kappa shape index (κ1) is 16.2. The van der Waals surface area contributed by atoms with E-state index < -0.39 is 18.0 Å². The van der Waals surface area contributed by atoms with Gasteiger partial charge in [-0.1, -0.05) is 6.92 Å². The summed E-state index contributed by atoms with van der Waals surface area (Å²) in [6.07, 6.45) is 0.552. The van der Waals surface area contributed by atoms with Crippen LogP contribution in [0, 0.1) is 0 Å². The van der Waals surface area contributed by atoms with Crippen LogP contribution in [0.3, 0.4) is 0 Å². The molecule has 0 saturated heterocycles. The molecule has 2 N–H and O–H groups in total. The number of carboxylic acid groups (broad SMARTS) is 1. The highest BCUT2D eigenvalue weighted by Crippen LogP contribution is 1.95. The van der Waals surface area contributed by atoms with Crippen LogP contribution < -0.4 is 5.32 Å². The zero-order valence-corrected chi connectivity index (χ0v) is 10.8. The molecule has 0 aliphatic carbocycles. The average molecular weight is 260 g/mol. The van der Waals surface area contributed by atoms with Gasteiger partial charge in [-0.25, -0.2) is 4.79 Å². The second-order valence-electron chi connectivity index (χ2n) is 3.60. The van der Waals surface area contributed by atoms with E-state index in [9.17, 15) is 14.4 Å². The number of hydrogen-bond donors (Lipinski definition) is 2. The van der Waals surface area contributed by atoms with E-state index in [-0.39, 0.29) is 26.1 Å². The summed E-state index contributed by atoms with van der Waals surface area (Å²) in [5.41, 5.74) is 0. The van der Waals surface area contributed by atoms with Gasteiger partial charge in [0.2, 0.25) is 0 Å². The molecule has 0 bridgehead atoms. The van der Waals surface area contributed by atoms with Crippen LogP contribution in [0.25, 0.3) is 0 Å². The van der Waals surface area contributed by atoms with Gasteiger partial charge in [0.1, 0.15) is 6.54 Å². The zero-order chi connectivity index (χ0) is 14.0. The molecule has 0 fully saturated rings. The summed E-state index contributed by atoms with van der Waals surface area (Å²) in [4.78, 5) is 34.6. The molecule has 7 heteroatoms. The van der Waals surface area contributed by atoms with E-state index in [1.165, 1.54) is 4.90 Å². The summed E-state index contributed by atoms with van der Waals surface area (Å²) < 4.78 is 4.76. The van der Waals surface area contributed by atoms with Gasteiger partial charge in [-0.05, 0) is 13.3 Å². The minimum absolute atomic E-state index is 0.0389. The minimum atomic E-state index is -0.984. The highest BCUT2D eigenvalue weighted by Gasteiger charge is 2.16. The maximum Gasteiger partial charge on any atom is 0.325 e. The molecule has 0 aromatic carbocycles. The summed E-state index contributed by atoms with van der Waals surface area (Å²) in [6, 6.07) is -0.453. The van der Waals surface area contributed by atoms with Gasteiger partial charge in [-0.3, -0.25) is 9.59 Å². The number of esters is 1. The van der Waals surface area contributed by atoms with Crippen LogP contribution in [0.1, 0.15) is 26.7 Å². The molecule has 0 saturated carbocycles. The van der Waals surface area contributed by atoms with Crippen molar-refractivity contribution in [3.8, 4) is 0 Å². The number of urea groups is 1. The molecule has 7 nitrogen and oxygen atoms in total. The lowest BCUT2D eigenvalue weighted by Crippen LogP contribution is -2.44. The second kappa shape index (κ2) is 9.26. The fourth-order valence-electron chi connectivity index (χ4n) is 1.27. The molecule has 0 aliphatic rings. The number of carboxylic acids is 1. The van der Waals surface area contributed by atoms with E-state index in [2.05, 4.69) is 5.32 Å². The van der Waals surface area contributed by atoms with Crippen molar-refractivity contribution in [2.24, 2.45) is 0 Å². The topological polar surface area (TPSA) is 95.9 Å². The molecule has 0 unspecified atom stereocenters. The summed E-state index contributed by atoms with van der Waals surface area (Å²) in [7, 11) is 0. The fourth-order valence-corrected chi connectivity index (χ4v) is 1.27. The normalized spacial score (nSPS) is 9.67. The van der Waals surface area contributed by atoms with E-state index in [1.54, 1.807) is 6.92 Å². The Labute approximate surface area is 106 Å². The van der Waals surface area contributed by atoms with Crippen LogP contribution in [-0.2, 0) is 14.3 Å². The molecule has 0 aromatic heterocycles. The lowest BCUT2D eigenvalue weighted by molar-refractivity contribution is -0.143. The lowest BCUT2D eigenvalue weighted by Gasteiger charge is -2.21. The van der Waals surface area contributed by atoms with Crippen molar-refractivity contribution in [1.29, 1.82) is 0 Å². The molecular formula is C11H20N2O5. The first-order valence-electron chi connectivity index (χ1n) is 5.91. The van der Waals surface area contributed by atoms with Crippen molar-refractivity contribution in [2.45, 2.75) is 26.7 Å². The number of nitrogens with one attached hydrogen (secondary N) is 1. The summed E-state index contributed by atoms with van der Waals surface area (Å²) in [6.45, 7) is 4.16. The Bertz CT molecular complexity index is 293. The number of nitrogens with zero attached hydrogens (tertiary/aromatic N) is 1. The number of carbonyl (C=O) groups excluding carboxylic acids is 2. The maximum atomic E-state index is 11.7. The smallest absolute Gasteiger partial charge is 0.325 e. The molecule has 0 aliphatic heterocycles. The van der Waals surface area contributed by atoms with Crippen molar-refractivity contribution < 1.29 is 24.2 Å². The Morgan fingerprint density at radius 3 is 2.44 bits per heavy atom. The van der Waals surface area contributed by atoms with Gasteiger partial charge < -0.3 is 20.1 Å². The third-order valence-corrected chi connectivity index (χ3v) is 2.02. The molecule has 104 valence electrons. The lowest BCUT2D eigenvalue weighted by atomic mass is 10.4. The Morgan fingerprint density at radius 2 is 1.94 bits per heavy atom. The highest BCUT2D eigenvalue weighted by atomic mass is 16.5. The SMILES string of the molecule is CCCN(CC(=O)OCC)C(=O)NCCC(=O)O. The first-order chi connectivity index (χ1) is 8.51. The fraction of sp³-hybridized carbons (Fsp3) is 0.727. The summed E-state index contributed by atoms with van der Waals surface area (Å²) >= 11 is 0. The molecule has 18 heavy (non-hydrogen) atoms. The van der Waals surface area contributed by atoms with Gasteiger partial charge >= 0.3 is 18.0 Å². The van der Waals surface area contributed by atoms with E-state index >= 15 is 0 Å². The van der Waals surface area contributed by atoms with Crippen LogP contribution in [0.4, 0.5) is 4.79 Å². The Kier molecular flexibility index (Phi) is 8.34. The van der Waals surface area contributed by atoms with Gasteiger partial charge in [-0.15, -0.1) is 0 Å². The van der Waals surface area contributed by atoms with Crippen LogP contribution in [0.2, 0.25) is 0 Å². The molecule has 0 spiro atoms. The van der Waals surface area contributed by atoms with Gasteiger partial charge in [-0.2, -0.15) is 0 Å². The maximum absolute atomic E-state index is 11.7. The van der Waals surface area contributed by atoms with Crippen molar-refractivity contribution in [3.63, 3.8) is 0 Å². The van der Waals surface area contributed by atoms with Crippen LogP contribution >= 0.6 is 0 Å². The van der Waals surface area contributed by atoms with E-state index in [4.69, 9.17) is 9.84 Å². The van der Waals surface area contributed by atoms with Gasteiger partial charge in [0, 0.05) is 13.1 Å². The molecular weight excluding hydrogens is 240 g/mol. The van der Waals surface area contributed by atoms with E-state index in [0.717, 1.165) is 0 Å². The number of amides is 2. The number of aliphatic carboxylic acids is 1. The quantitative estimate of drug-likeness (QED) is 0.617. The third-order valence-electron chi connectivity index (χ3n) is 2.02. The average Bonchev–Trinajstić information content (AvgIpc) is 2.28. The van der Waals surface area contributed by atoms with Gasteiger partial charge in [0.05, 0.1) is 13.0 Å². The third kappa shape index (κ3) is 7.48. The predicted octanol–water partition coefficient (Wildman–Crippen LogP) is 0.446. The monoisotopic (exact) mass is 260 g/mol. The van der Waals surface area contributed by atoms with Crippen molar-refractivity contribution in [1.82, 2.24) is 10.2 Å². The Balaban J connectivity index is 4.17. The van der Waals surface area contributed by atoms with Crippen LogP contribution in [-0.4, -0.2) is 54.2 Å². The highest BCUT2D eigenvalue weighted by molar-refractivity contribution is 5.81. The Hall–Kier alpha value is -1.79. The van der Waals surface area contributed by atoms with Crippen LogP contribution in [0.15, 0.2) is 0 Å². The summed E-state index contributed by atoms with van der Waals surface area (Å²) in [5, 5.41) is 10.9. The largest absolute Gasteiger partial charge is 0.481 e. The standard InChI is InChI=1S/C11H20N2O5/c1-3-7-13(8-10(16)18-4-2)11(17)12-6-5-9(14)15/h3-8H2,1-2H3,(H,12,17)(H,14,15). The number of rotatable bonds is 8. The van der Waals surface area contributed by atoms with Crippen molar-refractivity contribution in [3.05, 3.63) is 0 Å². The molecule has 0 aromatic rings. The summed E-state index contributed by atoms with van der Waals surface area (Å²) in [5.74, 6) is -1.46. The minimum Gasteiger partial charge on any atom is -0.481 e. The Morgan fingerprint density at radius 1 is 1.28 bits per heavy atom. The molecule has 2 amide bonds. The number of ether oxygens (including phenoxy) is 1. The number of carbonyl (C=O) groups is 3. The van der Waals surface area contributed by atoms with Gasteiger partial charge in [0.25, 0.3) is 0 Å². The van der Waals surface area contributed by atoms with E-state index in [0.29, 0.717) is 13.0 Å². The van der Waals surface area contributed by atoms with Crippen LogP contribution in [0.5, 0.6) is 0 Å². The van der Waals surface area contributed by atoms with Gasteiger partial charge in [0.15, 0.2) is 0 Å². The van der Waals surface area contributed by atoms with Crippen molar-refractivity contribution in [2.75, 3.05) is 26.2 Å². The molecule has 0 rings (SSSR count). The molecule has 0 radical (unpaired) electrons. The molecule has 0 atom stereocenters. The number of hydrogen-bond acceptors (Lipinski definition) is 4. The predicted molar refractivity (Wildman–Crippen MR) is 64.1 cm³/mol. The zero-order valence-electron chi connectivity index (χ0n) is 10.8.